The average Bonchev–Trinajstić information content (AvgIpc) is 2.69. The first-order chi connectivity index (χ1) is 7.18. The van der Waals surface area contributed by atoms with Gasteiger partial charge in [0.1, 0.15) is 0 Å². The van der Waals surface area contributed by atoms with Crippen molar-refractivity contribution < 1.29 is 0 Å². The van der Waals surface area contributed by atoms with Crippen LogP contribution in [0, 0.1) is 0 Å². The molecule has 0 aliphatic rings. The van der Waals surface area contributed by atoms with Crippen molar-refractivity contribution in [1.29, 1.82) is 0 Å². The summed E-state index contributed by atoms with van der Waals surface area (Å²) >= 11 is 11.2. The van der Waals surface area contributed by atoms with Gasteiger partial charge in [0.2, 0.25) is 0 Å². The van der Waals surface area contributed by atoms with Gasteiger partial charge >= 0.3 is 0 Å². The molecular formula is C11H9BrClNS. The third-order valence-electron chi connectivity index (χ3n) is 2.15. The van der Waals surface area contributed by atoms with Crippen molar-refractivity contribution in [2.24, 2.45) is 5.73 Å². The van der Waals surface area contributed by atoms with Crippen LogP contribution in [-0.2, 0) is 0 Å². The summed E-state index contributed by atoms with van der Waals surface area (Å²) in [6.07, 6.45) is 0. The lowest BCUT2D eigenvalue weighted by molar-refractivity contribution is 0.893. The van der Waals surface area contributed by atoms with E-state index in [4.69, 9.17) is 17.3 Å². The van der Waals surface area contributed by atoms with Crippen molar-refractivity contribution in [3.63, 3.8) is 0 Å². The highest BCUT2D eigenvalue weighted by molar-refractivity contribution is 9.10. The van der Waals surface area contributed by atoms with Crippen LogP contribution in [0.4, 0.5) is 0 Å². The Balaban J connectivity index is 2.38. The van der Waals surface area contributed by atoms with E-state index >= 15 is 0 Å². The van der Waals surface area contributed by atoms with Crippen molar-refractivity contribution in [2.75, 3.05) is 0 Å². The molecule has 1 aromatic carbocycles. The number of nitrogens with two attached hydrogens (primary N) is 1. The molecule has 0 radical (unpaired) electrons. The largest absolute Gasteiger partial charge is 0.320 e. The molecule has 15 heavy (non-hydrogen) atoms. The Hall–Kier alpha value is -0.350. The number of benzene rings is 1. The van der Waals surface area contributed by atoms with Crippen molar-refractivity contribution >= 4 is 38.9 Å². The van der Waals surface area contributed by atoms with Crippen LogP contribution in [0.2, 0.25) is 5.02 Å². The third-order valence-corrected chi connectivity index (χ3v) is 3.92. The minimum Gasteiger partial charge on any atom is -0.320 e. The minimum atomic E-state index is -0.134. The highest BCUT2D eigenvalue weighted by atomic mass is 79.9. The zero-order valence-corrected chi connectivity index (χ0v) is 10.9. The van der Waals surface area contributed by atoms with E-state index in [-0.39, 0.29) is 6.04 Å². The number of thiophene rings is 1. The van der Waals surface area contributed by atoms with Crippen LogP contribution in [0.3, 0.4) is 0 Å². The van der Waals surface area contributed by atoms with Crippen LogP contribution >= 0.6 is 38.9 Å². The Labute approximate surface area is 106 Å². The SMILES string of the molecule is N[C@@H](c1cccs1)c1ccc(Br)cc1Cl. The molecule has 0 saturated carbocycles. The van der Waals surface area contributed by atoms with Gasteiger partial charge in [0.05, 0.1) is 6.04 Å². The fraction of sp³-hybridized carbons (Fsp3) is 0.0909. The van der Waals surface area contributed by atoms with E-state index in [1.807, 2.05) is 35.7 Å². The van der Waals surface area contributed by atoms with E-state index in [1.54, 1.807) is 11.3 Å². The minimum absolute atomic E-state index is 0.134. The van der Waals surface area contributed by atoms with Crippen LogP contribution in [0.1, 0.15) is 16.5 Å². The molecule has 0 spiro atoms. The predicted octanol–water partition coefficient (Wildman–Crippen LogP) is 4.21. The summed E-state index contributed by atoms with van der Waals surface area (Å²) in [7, 11) is 0. The van der Waals surface area contributed by atoms with Crippen LogP contribution in [0.15, 0.2) is 40.2 Å². The first-order valence-corrected chi connectivity index (χ1v) is 6.47. The Morgan fingerprint density at radius 2 is 2.13 bits per heavy atom. The number of rotatable bonds is 2. The molecule has 4 heteroatoms. The summed E-state index contributed by atoms with van der Waals surface area (Å²) in [5.41, 5.74) is 7.08. The molecule has 0 bridgehead atoms. The third kappa shape index (κ3) is 2.42. The van der Waals surface area contributed by atoms with Crippen LogP contribution in [0.5, 0.6) is 0 Å². The second-order valence-electron chi connectivity index (χ2n) is 3.16. The van der Waals surface area contributed by atoms with Crippen molar-refractivity contribution in [1.82, 2.24) is 0 Å². The summed E-state index contributed by atoms with van der Waals surface area (Å²) in [6, 6.07) is 9.65. The van der Waals surface area contributed by atoms with Crippen molar-refractivity contribution in [3.8, 4) is 0 Å². The van der Waals surface area contributed by atoms with E-state index in [9.17, 15) is 0 Å². The van der Waals surface area contributed by atoms with E-state index in [0.717, 1.165) is 14.9 Å². The summed E-state index contributed by atoms with van der Waals surface area (Å²) in [5.74, 6) is 0. The molecule has 1 atom stereocenters. The molecule has 1 nitrogen and oxygen atoms in total. The van der Waals surface area contributed by atoms with Crippen LogP contribution in [-0.4, -0.2) is 0 Å². The standard InChI is InChI=1S/C11H9BrClNS/c12-7-3-4-8(9(13)6-7)11(14)10-2-1-5-15-10/h1-6,11H,14H2/t11-/m1/s1. The van der Waals surface area contributed by atoms with Gasteiger partial charge in [-0.15, -0.1) is 11.3 Å². The number of hydrogen-bond donors (Lipinski definition) is 1. The van der Waals surface area contributed by atoms with E-state index in [0.29, 0.717) is 5.02 Å². The van der Waals surface area contributed by atoms with Crippen molar-refractivity contribution in [3.05, 3.63) is 55.6 Å². The van der Waals surface area contributed by atoms with Gasteiger partial charge in [0.15, 0.2) is 0 Å². The summed E-state index contributed by atoms with van der Waals surface area (Å²) in [4.78, 5) is 1.12. The highest BCUT2D eigenvalue weighted by Crippen LogP contribution is 2.30. The lowest BCUT2D eigenvalue weighted by atomic mass is 10.1. The molecule has 0 aliphatic heterocycles. The van der Waals surface area contributed by atoms with Crippen LogP contribution < -0.4 is 5.73 Å². The van der Waals surface area contributed by atoms with Gasteiger partial charge in [-0.3, -0.25) is 0 Å². The van der Waals surface area contributed by atoms with Gasteiger partial charge in [-0.05, 0) is 29.1 Å². The van der Waals surface area contributed by atoms with Crippen LogP contribution in [0.25, 0.3) is 0 Å². The molecule has 0 saturated heterocycles. The Morgan fingerprint density at radius 3 is 2.73 bits per heavy atom. The lowest BCUT2D eigenvalue weighted by Gasteiger charge is -2.12. The quantitative estimate of drug-likeness (QED) is 0.883. The molecule has 0 amide bonds. The van der Waals surface area contributed by atoms with E-state index in [1.165, 1.54) is 0 Å². The number of halogens is 2. The summed E-state index contributed by atoms with van der Waals surface area (Å²) in [5, 5.41) is 2.72. The maximum Gasteiger partial charge on any atom is 0.0660 e. The molecule has 1 aromatic heterocycles. The Bertz CT molecular complexity index is 456. The average molecular weight is 303 g/mol. The highest BCUT2D eigenvalue weighted by Gasteiger charge is 2.13. The molecule has 2 aromatic rings. The molecule has 78 valence electrons. The second kappa shape index (κ2) is 4.66. The molecule has 2 N–H and O–H groups in total. The smallest absolute Gasteiger partial charge is 0.0660 e. The normalized spacial score (nSPS) is 12.7. The first kappa shape index (κ1) is 11.1. The Morgan fingerprint density at radius 1 is 1.33 bits per heavy atom. The second-order valence-corrected chi connectivity index (χ2v) is 5.46. The van der Waals surface area contributed by atoms with Gasteiger partial charge in [0, 0.05) is 14.4 Å². The zero-order valence-electron chi connectivity index (χ0n) is 7.78. The van der Waals surface area contributed by atoms with Gasteiger partial charge in [-0.25, -0.2) is 0 Å². The monoisotopic (exact) mass is 301 g/mol. The molecule has 2 rings (SSSR count). The van der Waals surface area contributed by atoms with Gasteiger partial charge < -0.3 is 5.73 Å². The molecule has 0 unspecified atom stereocenters. The molecule has 0 fully saturated rings. The first-order valence-electron chi connectivity index (χ1n) is 4.42. The lowest BCUT2D eigenvalue weighted by Crippen LogP contribution is -2.10. The van der Waals surface area contributed by atoms with Gasteiger partial charge in [-0.1, -0.05) is 39.7 Å². The molecule has 1 heterocycles. The fourth-order valence-corrected chi connectivity index (χ4v) is 2.91. The fourth-order valence-electron chi connectivity index (χ4n) is 1.38. The van der Waals surface area contributed by atoms with E-state index in [2.05, 4.69) is 15.9 Å². The van der Waals surface area contributed by atoms with E-state index < -0.39 is 0 Å². The maximum absolute atomic E-state index is 6.14. The van der Waals surface area contributed by atoms with Crippen molar-refractivity contribution in [2.45, 2.75) is 6.04 Å². The van der Waals surface area contributed by atoms with Gasteiger partial charge in [0.25, 0.3) is 0 Å². The topological polar surface area (TPSA) is 26.0 Å². The zero-order chi connectivity index (χ0) is 10.8. The Kier molecular flexibility index (Phi) is 3.46. The molecular weight excluding hydrogens is 294 g/mol. The summed E-state index contributed by atoms with van der Waals surface area (Å²) < 4.78 is 0.967. The predicted molar refractivity (Wildman–Crippen MR) is 69.5 cm³/mol. The number of hydrogen-bond acceptors (Lipinski definition) is 2. The maximum atomic E-state index is 6.14. The molecule has 0 aliphatic carbocycles. The van der Waals surface area contributed by atoms with Gasteiger partial charge in [-0.2, -0.15) is 0 Å². The summed E-state index contributed by atoms with van der Waals surface area (Å²) in [6.45, 7) is 0.